The van der Waals surface area contributed by atoms with Crippen LogP contribution in [0.1, 0.15) is 66.7 Å². The second-order valence-electron chi connectivity index (χ2n) is 5.54. The minimum absolute atomic E-state index is 0. The Hall–Kier alpha value is 1.05. The number of rotatable bonds is 3. The third-order valence-corrected chi connectivity index (χ3v) is 7.87. The van der Waals surface area contributed by atoms with Crippen LogP contribution in [0.15, 0.2) is 0 Å². The Kier molecular flexibility index (Phi) is 14.4. The summed E-state index contributed by atoms with van der Waals surface area (Å²) in [5.41, 5.74) is 0. The summed E-state index contributed by atoms with van der Waals surface area (Å²) in [6.07, 6.45) is 8.56. The lowest BCUT2D eigenvalue weighted by molar-refractivity contribution is 0.578. The first kappa shape index (κ1) is 21.0. The lowest BCUT2D eigenvalue weighted by Crippen LogP contribution is -1.92. The summed E-state index contributed by atoms with van der Waals surface area (Å²) in [5.74, 6) is 6.74. The molecular formula is C17H36S3. The first-order valence-electron chi connectivity index (χ1n) is 8.11. The van der Waals surface area contributed by atoms with E-state index in [0.29, 0.717) is 0 Å². The second-order valence-corrected chi connectivity index (χ2v) is 9.44. The van der Waals surface area contributed by atoms with E-state index in [4.69, 9.17) is 0 Å². The van der Waals surface area contributed by atoms with Crippen molar-refractivity contribution in [3.05, 3.63) is 0 Å². The van der Waals surface area contributed by atoms with Crippen LogP contribution in [-0.4, -0.2) is 33.5 Å². The van der Waals surface area contributed by atoms with Crippen molar-refractivity contribution < 1.29 is 0 Å². The summed E-state index contributed by atoms with van der Waals surface area (Å²) >= 11 is 6.32. The Morgan fingerprint density at radius 2 is 1.50 bits per heavy atom. The molecule has 3 atom stereocenters. The van der Waals surface area contributed by atoms with Crippen LogP contribution in [-0.2, 0) is 0 Å². The van der Waals surface area contributed by atoms with Gasteiger partial charge in [-0.2, -0.15) is 35.3 Å². The van der Waals surface area contributed by atoms with Gasteiger partial charge < -0.3 is 0 Å². The Bertz CT molecular complexity index is 176. The van der Waals surface area contributed by atoms with E-state index < -0.39 is 0 Å². The summed E-state index contributed by atoms with van der Waals surface area (Å²) in [6.45, 7) is 6.81. The predicted molar refractivity (Wildman–Crippen MR) is 105 cm³/mol. The molecule has 0 aliphatic carbocycles. The van der Waals surface area contributed by atoms with Crippen LogP contribution in [0.4, 0.5) is 0 Å². The van der Waals surface area contributed by atoms with E-state index in [9.17, 15) is 0 Å². The molecular weight excluding hydrogens is 300 g/mol. The summed E-state index contributed by atoms with van der Waals surface area (Å²) in [6, 6.07) is 0. The molecule has 0 radical (unpaired) electrons. The fraction of sp³-hybridized carbons (Fsp3) is 1.00. The van der Waals surface area contributed by atoms with Gasteiger partial charge in [0.25, 0.3) is 0 Å². The summed E-state index contributed by atoms with van der Waals surface area (Å²) in [4.78, 5) is 0. The SMILES string of the molecule is C.CCC1CCCS1.CCC1CCSC1.CCC1CS1. The van der Waals surface area contributed by atoms with Crippen LogP contribution >= 0.6 is 35.3 Å². The fourth-order valence-corrected chi connectivity index (χ4v) is 5.42. The van der Waals surface area contributed by atoms with Crippen LogP contribution in [0.25, 0.3) is 0 Å². The van der Waals surface area contributed by atoms with Gasteiger partial charge in [-0.15, -0.1) is 0 Å². The van der Waals surface area contributed by atoms with Crippen LogP contribution in [0.5, 0.6) is 0 Å². The van der Waals surface area contributed by atoms with Crippen molar-refractivity contribution in [2.45, 2.75) is 77.2 Å². The Morgan fingerprint density at radius 1 is 0.800 bits per heavy atom. The molecule has 3 unspecified atom stereocenters. The van der Waals surface area contributed by atoms with Gasteiger partial charge in [-0.3, -0.25) is 0 Å². The van der Waals surface area contributed by atoms with Gasteiger partial charge in [-0.1, -0.05) is 34.6 Å². The van der Waals surface area contributed by atoms with Crippen molar-refractivity contribution in [3.8, 4) is 0 Å². The average Bonchev–Trinajstić information content (AvgIpc) is 2.96. The van der Waals surface area contributed by atoms with Crippen molar-refractivity contribution in [2.75, 3.05) is 23.0 Å². The third-order valence-electron chi connectivity index (χ3n) is 3.94. The smallest absolute Gasteiger partial charge is 0.0136 e. The molecule has 0 amide bonds. The largest absolute Gasteiger partial charge is 0.162 e. The van der Waals surface area contributed by atoms with E-state index in [-0.39, 0.29) is 7.43 Å². The number of thioether (sulfide) groups is 3. The minimum atomic E-state index is 0. The van der Waals surface area contributed by atoms with Crippen LogP contribution < -0.4 is 0 Å². The molecule has 0 saturated carbocycles. The van der Waals surface area contributed by atoms with Gasteiger partial charge in [-0.25, -0.2) is 0 Å². The molecule has 3 heterocycles. The van der Waals surface area contributed by atoms with Gasteiger partial charge in [0.15, 0.2) is 0 Å². The van der Waals surface area contributed by atoms with E-state index in [1.54, 1.807) is 0 Å². The zero-order valence-corrected chi connectivity index (χ0v) is 15.5. The highest BCUT2D eigenvalue weighted by Gasteiger charge is 2.18. The predicted octanol–water partition coefficient (Wildman–Crippen LogP) is 6.59. The molecule has 0 nitrogen and oxygen atoms in total. The number of hydrogen-bond acceptors (Lipinski definition) is 3. The monoisotopic (exact) mass is 336 g/mol. The maximum absolute atomic E-state index is 2.29. The zero-order chi connectivity index (χ0) is 13.9. The minimum Gasteiger partial charge on any atom is -0.162 e. The van der Waals surface area contributed by atoms with E-state index in [2.05, 4.69) is 56.1 Å². The molecule has 122 valence electrons. The Labute approximate surface area is 141 Å². The molecule has 3 heteroatoms. The number of hydrogen-bond donors (Lipinski definition) is 0. The van der Waals surface area contributed by atoms with E-state index in [1.165, 1.54) is 61.5 Å². The molecule has 3 aliphatic heterocycles. The van der Waals surface area contributed by atoms with Crippen LogP contribution in [0.3, 0.4) is 0 Å². The highest BCUT2D eigenvalue weighted by atomic mass is 32.2. The molecule has 20 heavy (non-hydrogen) atoms. The molecule has 0 N–H and O–H groups in total. The molecule has 3 rings (SSSR count). The third kappa shape index (κ3) is 10.7. The first-order valence-corrected chi connectivity index (χ1v) is 11.4. The molecule has 0 aromatic carbocycles. The summed E-state index contributed by atoms with van der Waals surface area (Å²) in [5, 5.41) is 2.06. The lowest BCUT2D eigenvalue weighted by atomic mass is 10.1. The highest BCUT2D eigenvalue weighted by Crippen LogP contribution is 2.32. The Morgan fingerprint density at radius 3 is 1.70 bits per heavy atom. The normalized spacial score (nSPS) is 30.4. The molecule has 0 aromatic rings. The maximum Gasteiger partial charge on any atom is 0.0136 e. The molecule has 0 spiro atoms. The molecule has 0 aromatic heterocycles. The fourth-order valence-electron chi connectivity index (χ4n) is 2.18. The quantitative estimate of drug-likeness (QED) is 0.534. The van der Waals surface area contributed by atoms with Crippen molar-refractivity contribution in [2.24, 2.45) is 5.92 Å². The van der Waals surface area contributed by atoms with Gasteiger partial charge in [0, 0.05) is 16.3 Å². The maximum atomic E-state index is 2.29. The van der Waals surface area contributed by atoms with E-state index in [0.717, 1.165) is 16.4 Å². The van der Waals surface area contributed by atoms with Gasteiger partial charge in [0.1, 0.15) is 0 Å². The molecule has 0 bridgehead atoms. The Balaban J connectivity index is 0.000000268. The van der Waals surface area contributed by atoms with Crippen LogP contribution in [0.2, 0.25) is 0 Å². The van der Waals surface area contributed by atoms with E-state index in [1.807, 2.05) is 0 Å². The first-order chi connectivity index (χ1) is 9.30. The lowest BCUT2D eigenvalue weighted by Gasteiger charge is -1.99. The molecule has 3 saturated heterocycles. The van der Waals surface area contributed by atoms with Crippen molar-refractivity contribution in [1.29, 1.82) is 0 Å². The molecule has 3 aliphatic rings. The van der Waals surface area contributed by atoms with Gasteiger partial charge in [-0.05, 0) is 55.3 Å². The van der Waals surface area contributed by atoms with Crippen molar-refractivity contribution in [1.82, 2.24) is 0 Å². The molecule has 3 fully saturated rings. The highest BCUT2D eigenvalue weighted by molar-refractivity contribution is 8.06. The van der Waals surface area contributed by atoms with Gasteiger partial charge in [0.2, 0.25) is 0 Å². The van der Waals surface area contributed by atoms with Crippen molar-refractivity contribution in [3.63, 3.8) is 0 Å². The van der Waals surface area contributed by atoms with Crippen molar-refractivity contribution >= 4 is 35.3 Å². The average molecular weight is 337 g/mol. The topological polar surface area (TPSA) is 0 Å². The van der Waals surface area contributed by atoms with Crippen LogP contribution in [0, 0.1) is 5.92 Å². The van der Waals surface area contributed by atoms with E-state index >= 15 is 0 Å². The second kappa shape index (κ2) is 13.7. The zero-order valence-electron chi connectivity index (χ0n) is 13.0. The van der Waals surface area contributed by atoms with Gasteiger partial charge in [0.05, 0.1) is 0 Å². The van der Waals surface area contributed by atoms with Gasteiger partial charge >= 0.3 is 0 Å². The summed E-state index contributed by atoms with van der Waals surface area (Å²) in [7, 11) is 0. The standard InChI is InChI=1S/2C6H12S.C4H8S.CH4/c1-2-6-3-4-7-5-6;1-2-6-4-3-5-7-6;1-2-4-3-5-4;/h2*6H,2-5H2,1H3;4H,2-3H2,1H3;1H4. The summed E-state index contributed by atoms with van der Waals surface area (Å²) < 4.78 is 0.